The fraction of sp³-hybridized carbons (Fsp3) is 0.500. The lowest BCUT2D eigenvalue weighted by Gasteiger charge is -1.93. The van der Waals surface area contributed by atoms with Crippen molar-refractivity contribution in [3.8, 4) is 0 Å². The van der Waals surface area contributed by atoms with Crippen LogP contribution in [-0.4, -0.2) is 13.1 Å². The van der Waals surface area contributed by atoms with Crippen molar-refractivity contribution in [2.45, 2.75) is 13.8 Å². The summed E-state index contributed by atoms with van der Waals surface area (Å²) in [7, 11) is 0. The zero-order chi connectivity index (χ0) is 6.41. The summed E-state index contributed by atoms with van der Waals surface area (Å²) in [5.74, 6) is 0. The highest BCUT2D eigenvalue weighted by molar-refractivity contribution is 5.38. The molecule has 0 N–H and O–H groups in total. The van der Waals surface area contributed by atoms with Crippen LogP contribution in [0.25, 0.3) is 0 Å². The molecule has 8 heavy (non-hydrogen) atoms. The van der Waals surface area contributed by atoms with Crippen molar-refractivity contribution in [2.24, 2.45) is 0 Å². The second kappa shape index (κ2) is 4.37. The van der Waals surface area contributed by atoms with Crippen LogP contribution >= 0.6 is 0 Å². The van der Waals surface area contributed by atoms with Crippen LogP contribution in [0.3, 0.4) is 0 Å². The summed E-state index contributed by atoms with van der Waals surface area (Å²) in [6, 6.07) is 0. The molecule has 0 aliphatic rings. The van der Waals surface area contributed by atoms with Crippen LogP contribution in [0, 0.1) is 0 Å². The van der Waals surface area contributed by atoms with Crippen molar-refractivity contribution < 1.29 is 9.53 Å². The van der Waals surface area contributed by atoms with Crippen molar-refractivity contribution in [3.63, 3.8) is 0 Å². The molecule has 0 atom stereocenters. The third kappa shape index (κ3) is 3.40. The fourth-order valence-electron chi connectivity index (χ4n) is 0.227. The molecular weight excluding hydrogens is 104 g/mol. The summed E-state index contributed by atoms with van der Waals surface area (Å²) >= 11 is 0. The quantitative estimate of drug-likeness (QED) is 0.511. The van der Waals surface area contributed by atoms with Gasteiger partial charge in [-0.15, -0.1) is 0 Å². The molecular formula is C6H9O2. The van der Waals surface area contributed by atoms with Gasteiger partial charge >= 0.3 is 6.47 Å². The van der Waals surface area contributed by atoms with Gasteiger partial charge in [0.25, 0.3) is 0 Å². The van der Waals surface area contributed by atoms with Crippen molar-refractivity contribution in [1.29, 1.82) is 0 Å². The average molecular weight is 113 g/mol. The number of rotatable bonds is 3. The molecule has 0 aromatic heterocycles. The Morgan fingerprint density at radius 2 is 2.50 bits per heavy atom. The average Bonchev–Trinajstić information content (AvgIpc) is 1.83. The lowest BCUT2D eigenvalue weighted by Crippen LogP contribution is -1.91. The molecule has 0 saturated carbocycles. The number of hydrogen-bond acceptors (Lipinski definition) is 2. The summed E-state index contributed by atoms with van der Waals surface area (Å²) in [5.41, 5.74) is 1.04. The Labute approximate surface area is 49.1 Å². The second-order valence-electron chi connectivity index (χ2n) is 1.51. The van der Waals surface area contributed by atoms with Gasteiger partial charge in [-0.25, -0.2) is 4.79 Å². The largest absolute Gasteiger partial charge is 0.453 e. The Kier molecular flexibility index (Phi) is 3.94. The predicted molar refractivity (Wildman–Crippen MR) is 31.1 cm³/mol. The van der Waals surface area contributed by atoms with E-state index >= 15 is 0 Å². The van der Waals surface area contributed by atoms with Crippen LogP contribution in [0.1, 0.15) is 13.8 Å². The first-order chi connectivity index (χ1) is 3.81. The van der Waals surface area contributed by atoms with Gasteiger partial charge in [0.15, 0.2) is 0 Å². The molecule has 0 aromatic rings. The summed E-state index contributed by atoms with van der Waals surface area (Å²) < 4.78 is 4.31. The van der Waals surface area contributed by atoms with E-state index in [1.165, 1.54) is 6.47 Å². The lowest BCUT2D eigenvalue weighted by atomic mass is 10.3. The van der Waals surface area contributed by atoms with E-state index in [2.05, 4.69) is 4.74 Å². The molecule has 0 aromatic carbocycles. The van der Waals surface area contributed by atoms with Crippen LogP contribution in [0.5, 0.6) is 0 Å². The normalized spacial score (nSPS) is 11.0. The SMILES string of the molecule is CC=C(C)CO[C]=O. The van der Waals surface area contributed by atoms with Crippen LogP contribution in [0.15, 0.2) is 11.6 Å². The number of hydrogen-bond donors (Lipinski definition) is 0. The van der Waals surface area contributed by atoms with Crippen molar-refractivity contribution in [3.05, 3.63) is 11.6 Å². The molecule has 0 amide bonds. The van der Waals surface area contributed by atoms with E-state index < -0.39 is 0 Å². The van der Waals surface area contributed by atoms with Gasteiger partial charge in [-0.05, 0) is 19.4 Å². The first kappa shape index (κ1) is 7.21. The molecule has 45 valence electrons. The Balaban J connectivity index is 3.24. The number of carbonyl (C=O) groups excluding carboxylic acids is 1. The lowest BCUT2D eigenvalue weighted by molar-refractivity contribution is 0.305. The Hall–Kier alpha value is -0.790. The first-order valence-corrected chi connectivity index (χ1v) is 2.42. The maximum atomic E-state index is 9.45. The maximum absolute atomic E-state index is 9.45. The zero-order valence-corrected chi connectivity index (χ0v) is 5.10. The van der Waals surface area contributed by atoms with Gasteiger partial charge in [-0.1, -0.05) is 6.08 Å². The minimum atomic E-state index is 0.361. The molecule has 2 nitrogen and oxygen atoms in total. The van der Waals surface area contributed by atoms with E-state index in [0.29, 0.717) is 6.61 Å². The van der Waals surface area contributed by atoms with Crippen LogP contribution < -0.4 is 0 Å². The van der Waals surface area contributed by atoms with E-state index in [-0.39, 0.29) is 0 Å². The number of ether oxygens (including phenoxy) is 1. The highest BCUT2D eigenvalue weighted by Crippen LogP contribution is 1.89. The minimum absolute atomic E-state index is 0.361. The molecule has 0 saturated heterocycles. The van der Waals surface area contributed by atoms with Crippen LogP contribution in [0.4, 0.5) is 0 Å². The van der Waals surface area contributed by atoms with E-state index in [1.54, 1.807) is 0 Å². The van der Waals surface area contributed by atoms with Crippen molar-refractivity contribution in [1.82, 2.24) is 0 Å². The third-order valence-corrected chi connectivity index (χ3v) is 0.852. The second-order valence-corrected chi connectivity index (χ2v) is 1.51. The zero-order valence-electron chi connectivity index (χ0n) is 5.10. The first-order valence-electron chi connectivity index (χ1n) is 2.42. The highest BCUT2D eigenvalue weighted by Gasteiger charge is 1.84. The minimum Gasteiger partial charge on any atom is -0.453 e. The molecule has 0 rings (SSSR count). The Morgan fingerprint density at radius 3 is 2.88 bits per heavy atom. The number of allylic oxidation sites excluding steroid dienone is 1. The predicted octanol–water partition coefficient (Wildman–Crippen LogP) is 1.04. The van der Waals surface area contributed by atoms with Gasteiger partial charge in [0.1, 0.15) is 6.61 Å². The van der Waals surface area contributed by atoms with Gasteiger partial charge in [0.2, 0.25) is 0 Å². The summed E-state index contributed by atoms with van der Waals surface area (Å²) in [5, 5.41) is 0. The topological polar surface area (TPSA) is 26.3 Å². The molecule has 0 unspecified atom stereocenters. The third-order valence-electron chi connectivity index (χ3n) is 0.852. The smallest absolute Gasteiger partial charge is 0.417 e. The highest BCUT2D eigenvalue weighted by atomic mass is 16.5. The van der Waals surface area contributed by atoms with Gasteiger partial charge in [0.05, 0.1) is 0 Å². The molecule has 0 aliphatic carbocycles. The fourth-order valence-corrected chi connectivity index (χ4v) is 0.227. The van der Waals surface area contributed by atoms with E-state index in [1.807, 2.05) is 19.9 Å². The monoisotopic (exact) mass is 113 g/mol. The molecule has 0 fully saturated rings. The van der Waals surface area contributed by atoms with Gasteiger partial charge in [-0.3, -0.25) is 0 Å². The Morgan fingerprint density at radius 1 is 1.88 bits per heavy atom. The summed E-state index contributed by atoms with van der Waals surface area (Å²) in [6.07, 6.45) is 1.89. The molecule has 1 radical (unpaired) electrons. The standard InChI is InChI=1S/C6H9O2/c1-3-6(2)4-8-5-7/h3H,4H2,1-2H3. The van der Waals surface area contributed by atoms with E-state index in [9.17, 15) is 4.79 Å². The van der Waals surface area contributed by atoms with Crippen molar-refractivity contribution in [2.75, 3.05) is 6.61 Å². The molecule has 0 spiro atoms. The van der Waals surface area contributed by atoms with Crippen molar-refractivity contribution >= 4 is 6.47 Å². The van der Waals surface area contributed by atoms with Crippen LogP contribution in [-0.2, 0) is 9.53 Å². The molecule has 0 aliphatic heterocycles. The van der Waals surface area contributed by atoms with Gasteiger partial charge < -0.3 is 4.74 Å². The van der Waals surface area contributed by atoms with Gasteiger partial charge in [-0.2, -0.15) is 0 Å². The summed E-state index contributed by atoms with van der Waals surface area (Å²) in [4.78, 5) is 9.45. The Bertz CT molecular complexity index is 94.7. The van der Waals surface area contributed by atoms with E-state index in [4.69, 9.17) is 0 Å². The molecule has 2 heteroatoms. The summed E-state index contributed by atoms with van der Waals surface area (Å²) in [6.45, 7) is 5.48. The maximum Gasteiger partial charge on any atom is 0.417 e. The molecule has 0 heterocycles. The molecule has 0 bridgehead atoms. The van der Waals surface area contributed by atoms with E-state index in [0.717, 1.165) is 5.57 Å². The van der Waals surface area contributed by atoms with Gasteiger partial charge in [0, 0.05) is 0 Å². The van der Waals surface area contributed by atoms with Crippen LogP contribution in [0.2, 0.25) is 0 Å².